The van der Waals surface area contributed by atoms with E-state index in [4.69, 9.17) is 23.1 Å². The van der Waals surface area contributed by atoms with Crippen LogP contribution in [0.5, 0.6) is 0 Å². The van der Waals surface area contributed by atoms with E-state index in [1.165, 1.54) is 24.3 Å². The smallest absolute Gasteiger partial charge is 0.249 e. The number of hydrogen-bond acceptors (Lipinski definition) is 2. The van der Waals surface area contributed by atoms with Gasteiger partial charge in [-0.2, -0.15) is 0 Å². The van der Waals surface area contributed by atoms with Crippen molar-refractivity contribution < 1.29 is 9.18 Å². The van der Waals surface area contributed by atoms with Crippen molar-refractivity contribution in [1.82, 2.24) is 0 Å². The maximum absolute atomic E-state index is 14.0. The predicted octanol–water partition coefficient (Wildman–Crippen LogP) is 3.27. The van der Waals surface area contributed by atoms with Crippen molar-refractivity contribution in [3.05, 3.63) is 77.3 Å². The van der Waals surface area contributed by atoms with Crippen molar-refractivity contribution in [3.8, 4) is 0 Å². The van der Waals surface area contributed by atoms with Crippen molar-refractivity contribution in [2.75, 3.05) is 0 Å². The van der Waals surface area contributed by atoms with E-state index >= 15 is 0 Å². The number of rotatable bonds is 4. The van der Waals surface area contributed by atoms with Gasteiger partial charge >= 0.3 is 0 Å². The summed E-state index contributed by atoms with van der Waals surface area (Å²) >= 11 is 5.95. The molecule has 1 unspecified atom stereocenters. The van der Waals surface area contributed by atoms with Crippen molar-refractivity contribution in [1.29, 1.82) is 0 Å². The van der Waals surface area contributed by atoms with Crippen LogP contribution in [-0.4, -0.2) is 11.3 Å². The molecule has 2 rings (SSSR count). The van der Waals surface area contributed by atoms with E-state index in [0.29, 0.717) is 12.1 Å². The van der Waals surface area contributed by atoms with E-state index in [1.54, 1.807) is 6.08 Å². The van der Waals surface area contributed by atoms with Gasteiger partial charge in [0.15, 0.2) is 0 Å². The molecule has 1 atom stereocenters. The number of alkyl halides is 1. The lowest BCUT2D eigenvalue weighted by molar-refractivity contribution is 0.0999. The monoisotopic (exact) mass is 318 g/mol. The van der Waals surface area contributed by atoms with Gasteiger partial charge in [-0.1, -0.05) is 30.9 Å². The minimum atomic E-state index is -0.718. The molecule has 3 nitrogen and oxygen atoms in total. The lowest BCUT2D eigenvalue weighted by Crippen LogP contribution is -2.14. The van der Waals surface area contributed by atoms with Crippen LogP contribution in [0.15, 0.2) is 60.4 Å². The standard InChI is InChI=1S/C17H16ClFN2O/c1-10(9-15(20)11-5-7-12(18)8-6-11)16-13(17(21)22)3-2-4-14(16)19/h2-7,9,12H,1,8,20H2,(H2,21,22)/b15-9-. The van der Waals surface area contributed by atoms with E-state index in [9.17, 15) is 9.18 Å². The summed E-state index contributed by atoms with van der Waals surface area (Å²) in [6, 6.07) is 4.12. The summed E-state index contributed by atoms with van der Waals surface area (Å²) in [4.78, 5) is 11.4. The molecule has 22 heavy (non-hydrogen) atoms. The molecule has 5 heteroatoms. The minimum absolute atomic E-state index is 0.0483. The highest BCUT2D eigenvalue weighted by Crippen LogP contribution is 2.25. The summed E-state index contributed by atoms with van der Waals surface area (Å²) < 4.78 is 14.0. The van der Waals surface area contributed by atoms with E-state index < -0.39 is 11.7 Å². The molecule has 1 aromatic rings. The van der Waals surface area contributed by atoms with Crippen LogP contribution in [-0.2, 0) is 0 Å². The Morgan fingerprint density at radius 3 is 2.73 bits per heavy atom. The first-order valence-corrected chi connectivity index (χ1v) is 7.11. The van der Waals surface area contributed by atoms with Crippen LogP contribution in [0.3, 0.4) is 0 Å². The Labute approximate surface area is 133 Å². The molecule has 0 fully saturated rings. The molecule has 1 amide bonds. The maximum Gasteiger partial charge on any atom is 0.249 e. The molecule has 0 saturated carbocycles. The Balaban J connectivity index is 2.35. The fourth-order valence-electron chi connectivity index (χ4n) is 2.21. The molecule has 0 spiro atoms. The van der Waals surface area contributed by atoms with Gasteiger partial charge in [-0.15, -0.1) is 11.6 Å². The zero-order chi connectivity index (χ0) is 16.3. The van der Waals surface area contributed by atoms with E-state index in [-0.39, 0.29) is 22.1 Å². The Morgan fingerprint density at radius 1 is 1.41 bits per heavy atom. The van der Waals surface area contributed by atoms with Crippen LogP contribution in [0, 0.1) is 5.82 Å². The minimum Gasteiger partial charge on any atom is -0.398 e. The summed E-state index contributed by atoms with van der Waals surface area (Å²) in [6.07, 6.45) is 7.72. The second kappa shape index (κ2) is 6.62. The summed E-state index contributed by atoms with van der Waals surface area (Å²) in [7, 11) is 0. The highest BCUT2D eigenvalue weighted by Gasteiger charge is 2.15. The quantitative estimate of drug-likeness (QED) is 0.660. The second-order valence-electron chi connectivity index (χ2n) is 4.92. The van der Waals surface area contributed by atoms with Crippen molar-refractivity contribution >= 4 is 23.1 Å². The maximum atomic E-state index is 14.0. The molecule has 1 aliphatic rings. The second-order valence-corrected chi connectivity index (χ2v) is 5.48. The van der Waals surface area contributed by atoms with Crippen LogP contribution in [0.1, 0.15) is 22.3 Å². The molecule has 114 valence electrons. The van der Waals surface area contributed by atoms with Crippen molar-refractivity contribution in [2.45, 2.75) is 11.8 Å². The first-order valence-electron chi connectivity index (χ1n) is 6.67. The summed E-state index contributed by atoms with van der Waals surface area (Å²) in [5, 5.41) is -0.0483. The number of allylic oxidation sites excluding steroid dienone is 5. The topological polar surface area (TPSA) is 69.1 Å². The van der Waals surface area contributed by atoms with Gasteiger partial charge in [0.25, 0.3) is 0 Å². The van der Waals surface area contributed by atoms with Gasteiger partial charge in [0.1, 0.15) is 5.82 Å². The first kappa shape index (κ1) is 16.0. The summed E-state index contributed by atoms with van der Waals surface area (Å²) in [6.45, 7) is 3.80. The first-order chi connectivity index (χ1) is 10.4. The predicted molar refractivity (Wildman–Crippen MR) is 87.7 cm³/mol. The van der Waals surface area contributed by atoms with Crippen LogP contribution in [0.2, 0.25) is 0 Å². The van der Waals surface area contributed by atoms with E-state index in [2.05, 4.69) is 6.58 Å². The SMILES string of the molecule is C=C(/C=C(\N)C1=CCC(Cl)C=C1)c1c(F)cccc1C(N)=O. The number of nitrogens with two attached hydrogens (primary N) is 2. The molecular formula is C17H16ClFN2O. The number of amides is 1. The van der Waals surface area contributed by atoms with Crippen LogP contribution < -0.4 is 11.5 Å². The Hall–Kier alpha value is -2.33. The van der Waals surface area contributed by atoms with Gasteiger partial charge in [0.05, 0.1) is 5.38 Å². The number of hydrogen-bond donors (Lipinski definition) is 2. The Bertz CT molecular complexity index is 719. The number of benzene rings is 1. The van der Waals surface area contributed by atoms with Gasteiger partial charge in [0, 0.05) is 16.8 Å². The Kier molecular flexibility index (Phi) is 4.83. The third-order valence-corrected chi connectivity index (χ3v) is 3.63. The highest BCUT2D eigenvalue weighted by molar-refractivity contribution is 6.22. The molecule has 0 bridgehead atoms. The van der Waals surface area contributed by atoms with Gasteiger partial charge in [-0.3, -0.25) is 4.79 Å². The zero-order valence-corrected chi connectivity index (χ0v) is 12.6. The Morgan fingerprint density at radius 2 is 2.14 bits per heavy atom. The molecule has 0 aromatic heterocycles. The number of carbonyl (C=O) groups excluding carboxylic acids is 1. The van der Waals surface area contributed by atoms with Crippen LogP contribution >= 0.6 is 11.6 Å². The lowest BCUT2D eigenvalue weighted by atomic mass is 9.96. The number of primary amides is 1. The fourth-order valence-corrected chi connectivity index (χ4v) is 2.37. The van der Waals surface area contributed by atoms with E-state index in [0.717, 1.165) is 5.57 Å². The number of halogens is 2. The largest absolute Gasteiger partial charge is 0.398 e. The molecule has 1 aliphatic carbocycles. The van der Waals surface area contributed by atoms with Gasteiger partial charge in [-0.05, 0) is 35.8 Å². The van der Waals surface area contributed by atoms with Gasteiger partial charge in [0.2, 0.25) is 5.91 Å². The third kappa shape index (κ3) is 3.46. The summed E-state index contributed by atoms with van der Waals surface area (Å²) in [5.41, 5.74) is 12.9. The molecule has 4 N–H and O–H groups in total. The third-order valence-electron chi connectivity index (χ3n) is 3.31. The van der Waals surface area contributed by atoms with E-state index in [1.807, 2.05) is 12.2 Å². The lowest BCUT2D eigenvalue weighted by Gasteiger charge is -2.12. The van der Waals surface area contributed by atoms with Crippen LogP contribution in [0.4, 0.5) is 4.39 Å². The van der Waals surface area contributed by atoms with Crippen LogP contribution in [0.25, 0.3) is 5.57 Å². The van der Waals surface area contributed by atoms with Crippen molar-refractivity contribution in [3.63, 3.8) is 0 Å². The molecule has 0 heterocycles. The van der Waals surface area contributed by atoms with Gasteiger partial charge < -0.3 is 11.5 Å². The average molecular weight is 319 g/mol. The number of carbonyl (C=O) groups is 1. The fraction of sp³-hybridized carbons (Fsp3) is 0.118. The molecule has 0 radical (unpaired) electrons. The molecule has 0 aliphatic heterocycles. The summed E-state index contributed by atoms with van der Waals surface area (Å²) in [5.74, 6) is -1.29. The normalized spacial score (nSPS) is 18.0. The van der Waals surface area contributed by atoms with Gasteiger partial charge in [-0.25, -0.2) is 4.39 Å². The highest BCUT2D eigenvalue weighted by atomic mass is 35.5. The molecule has 0 saturated heterocycles. The molecular weight excluding hydrogens is 303 g/mol. The zero-order valence-electron chi connectivity index (χ0n) is 11.9. The van der Waals surface area contributed by atoms with Crippen molar-refractivity contribution in [2.24, 2.45) is 11.5 Å². The average Bonchev–Trinajstić information content (AvgIpc) is 2.47. The molecule has 1 aromatic carbocycles.